The van der Waals surface area contributed by atoms with Crippen LogP contribution in [0.2, 0.25) is 0 Å². The Kier molecular flexibility index (Phi) is 10.3. The first-order valence-electron chi connectivity index (χ1n) is 4.76. The number of aliphatic hydroxyl groups is 1. The molecule has 0 aliphatic rings. The molecule has 0 spiro atoms. The Hall–Kier alpha value is -1.20. The van der Waals surface area contributed by atoms with E-state index in [4.69, 9.17) is 25.8 Å². The highest BCUT2D eigenvalue weighted by Crippen LogP contribution is 2.13. The van der Waals surface area contributed by atoms with Crippen molar-refractivity contribution in [3.8, 4) is 0 Å². The maximum atomic E-state index is 11.0. The second-order valence-corrected chi connectivity index (χ2v) is 4.76. The summed E-state index contributed by atoms with van der Waals surface area (Å²) in [7, 11) is -1.24. The van der Waals surface area contributed by atoms with E-state index in [1.54, 1.807) is 0 Å². The van der Waals surface area contributed by atoms with E-state index >= 15 is 0 Å². The Labute approximate surface area is 108 Å². The first-order chi connectivity index (χ1) is 8.52. The lowest BCUT2D eigenvalue weighted by atomic mass is 10.4. The van der Waals surface area contributed by atoms with Crippen LogP contribution in [0.1, 0.15) is 6.42 Å². The van der Waals surface area contributed by atoms with Gasteiger partial charge in [-0.05, 0) is 6.42 Å². The van der Waals surface area contributed by atoms with Crippen molar-refractivity contribution in [2.45, 2.75) is 18.6 Å². The van der Waals surface area contributed by atoms with Crippen molar-refractivity contribution in [3.63, 3.8) is 0 Å². The lowest BCUT2D eigenvalue weighted by Crippen LogP contribution is -2.36. The predicted octanol–water partition coefficient (Wildman–Crippen LogP) is -0.837. The summed E-state index contributed by atoms with van der Waals surface area (Å²) in [6.07, 6.45) is -4.67. The molecule has 0 heterocycles. The van der Waals surface area contributed by atoms with Gasteiger partial charge >= 0.3 is 18.1 Å². The van der Waals surface area contributed by atoms with Crippen LogP contribution in [0.4, 0.5) is 13.2 Å². The topological polar surface area (TPSA) is 138 Å². The van der Waals surface area contributed by atoms with Crippen molar-refractivity contribution >= 4 is 22.7 Å². The van der Waals surface area contributed by atoms with Crippen molar-refractivity contribution in [2.75, 3.05) is 18.1 Å². The van der Waals surface area contributed by atoms with Gasteiger partial charge in [0.15, 0.2) is 0 Å². The Morgan fingerprint density at radius 1 is 1.26 bits per heavy atom. The summed E-state index contributed by atoms with van der Waals surface area (Å²) in [4.78, 5) is 19.1. The number of aliphatic hydroxyl groups excluding tert-OH is 1. The lowest BCUT2D eigenvalue weighted by Gasteiger charge is -2.04. The number of carboxylic acids is 2. The molecule has 0 aliphatic heterocycles. The van der Waals surface area contributed by atoms with E-state index in [1.165, 1.54) is 0 Å². The van der Waals surface area contributed by atoms with E-state index < -0.39 is 35.0 Å². The highest BCUT2D eigenvalue weighted by Gasteiger charge is 2.38. The van der Waals surface area contributed by atoms with E-state index in [0.29, 0.717) is 12.2 Å². The summed E-state index contributed by atoms with van der Waals surface area (Å²) >= 11 is 0. The highest BCUT2D eigenvalue weighted by atomic mass is 32.2. The van der Waals surface area contributed by atoms with Crippen LogP contribution < -0.4 is 5.73 Å². The molecular weight excluding hydrogens is 295 g/mol. The molecule has 0 aromatic rings. The van der Waals surface area contributed by atoms with Crippen LogP contribution in [-0.4, -0.2) is 61.8 Å². The Bertz CT molecular complexity index is 322. The standard InChI is InChI=1S/C6H13NO4S.C2HF3O2/c7-5(6(9)10)4-12(11)3-1-2-8;3-2(4,5)1(6)7/h5,8H,1-4,7H2,(H,9,10);(H,6,7)/t5-,12?;/m0./s1. The fourth-order valence-corrected chi connectivity index (χ4v) is 1.74. The summed E-state index contributed by atoms with van der Waals surface area (Å²) in [5.41, 5.74) is 5.13. The number of carboxylic acid groups (broad SMARTS) is 2. The fraction of sp³-hybridized carbons (Fsp3) is 0.750. The molecule has 0 saturated carbocycles. The van der Waals surface area contributed by atoms with Crippen molar-refractivity contribution < 1.29 is 42.3 Å². The summed E-state index contributed by atoms with van der Waals surface area (Å²) in [5, 5.41) is 23.8. The molecule has 0 aliphatic carbocycles. The van der Waals surface area contributed by atoms with Crippen LogP contribution in [0, 0.1) is 0 Å². The van der Waals surface area contributed by atoms with Gasteiger partial charge in [-0.15, -0.1) is 0 Å². The molecule has 0 amide bonds. The lowest BCUT2D eigenvalue weighted by molar-refractivity contribution is -0.192. The van der Waals surface area contributed by atoms with E-state index in [9.17, 15) is 22.2 Å². The van der Waals surface area contributed by atoms with Gasteiger partial charge in [0.25, 0.3) is 0 Å². The van der Waals surface area contributed by atoms with Gasteiger partial charge in [0.2, 0.25) is 0 Å². The maximum absolute atomic E-state index is 11.0. The largest absolute Gasteiger partial charge is 0.490 e. The number of halogens is 3. The summed E-state index contributed by atoms with van der Waals surface area (Å²) in [6.45, 7) is -0.0337. The molecule has 2 atom stereocenters. The average Bonchev–Trinajstić information content (AvgIpc) is 2.25. The van der Waals surface area contributed by atoms with Crippen molar-refractivity contribution in [1.29, 1.82) is 0 Å². The molecule has 19 heavy (non-hydrogen) atoms. The van der Waals surface area contributed by atoms with Gasteiger partial charge in [0.1, 0.15) is 6.04 Å². The molecule has 0 fully saturated rings. The average molecular weight is 309 g/mol. The SMILES string of the molecule is N[C@@H](CS(=O)CCCO)C(=O)O.O=C(O)C(F)(F)F. The predicted molar refractivity (Wildman–Crippen MR) is 58.9 cm³/mol. The molecule has 114 valence electrons. The minimum atomic E-state index is -5.08. The van der Waals surface area contributed by atoms with E-state index in [1.807, 2.05) is 0 Å². The Morgan fingerprint density at radius 2 is 1.68 bits per heavy atom. The van der Waals surface area contributed by atoms with Crippen LogP contribution in [0.15, 0.2) is 0 Å². The minimum absolute atomic E-state index is 0.0337. The van der Waals surface area contributed by atoms with E-state index in [2.05, 4.69) is 0 Å². The van der Waals surface area contributed by atoms with Gasteiger partial charge in [0.05, 0.1) is 0 Å². The Balaban J connectivity index is 0. The first kappa shape index (κ1) is 20.1. The monoisotopic (exact) mass is 309 g/mol. The van der Waals surface area contributed by atoms with Crippen LogP contribution in [0.5, 0.6) is 0 Å². The minimum Gasteiger partial charge on any atom is -0.480 e. The number of nitrogens with two attached hydrogens (primary N) is 1. The molecule has 0 aromatic heterocycles. The summed E-state index contributed by atoms with van der Waals surface area (Å²) < 4.78 is 42.7. The zero-order valence-electron chi connectivity index (χ0n) is 9.59. The zero-order chi connectivity index (χ0) is 15.6. The number of hydrogen-bond donors (Lipinski definition) is 4. The molecule has 0 bridgehead atoms. The number of aliphatic carboxylic acids is 2. The quantitative estimate of drug-likeness (QED) is 0.502. The smallest absolute Gasteiger partial charge is 0.480 e. The third-order valence-corrected chi connectivity index (χ3v) is 2.93. The third kappa shape index (κ3) is 13.0. The summed E-state index contributed by atoms with van der Waals surface area (Å²) in [5.74, 6) is -3.65. The molecule has 0 aromatic carbocycles. The fourth-order valence-electron chi connectivity index (χ4n) is 0.580. The molecule has 0 rings (SSSR count). The second-order valence-electron chi connectivity index (χ2n) is 3.14. The second kappa shape index (κ2) is 9.69. The third-order valence-electron chi connectivity index (χ3n) is 1.46. The van der Waals surface area contributed by atoms with Crippen LogP contribution in [0.3, 0.4) is 0 Å². The van der Waals surface area contributed by atoms with E-state index in [-0.39, 0.29) is 12.4 Å². The molecule has 11 heteroatoms. The van der Waals surface area contributed by atoms with Crippen molar-refractivity contribution in [3.05, 3.63) is 0 Å². The van der Waals surface area contributed by atoms with Gasteiger partial charge in [-0.2, -0.15) is 13.2 Å². The van der Waals surface area contributed by atoms with Gasteiger partial charge in [0, 0.05) is 28.9 Å². The molecule has 0 radical (unpaired) electrons. The summed E-state index contributed by atoms with van der Waals surface area (Å²) in [6, 6.07) is -1.07. The zero-order valence-corrected chi connectivity index (χ0v) is 10.4. The normalized spacial score (nSPS) is 13.9. The van der Waals surface area contributed by atoms with Gasteiger partial charge in [-0.1, -0.05) is 0 Å². The number of carbonyl (C=O) groups is 2. The van der Waals surface area contributed by atoms with Crippen LogP contribution in [0.25, 0.3) is 0 Å². The van der Waals surface area contributed by atoms with Gasteiger partial charge < -0.3 is 21.1 Å². The van der Waals surface area contributed by atoms with Crippen LogP contribution >= 0.6 is 0 Å². The maximum Gasteiger partial charge on any atom is 0.490 e. The van der Waals surface area contributed by atoms with Gasteiger partial charge in [-0.3, -0.25) is 9.00 Å². The molecule has 0 saturated heterocycles. The van der Waals surface area contributed by atoms with Gasteiger partial charge in [-0.25, -0.2) is 4.79 Å². The van der Waals surface area contributed by atoms with E-state index in [0.717, 1.165) is 0 Å². The molecule has 5 N–H and O–H groups in total. The first-order valence-corrected chi connectivity index (χ1v) is 6.25. The number of hydrogen-bond acceptors (Lipinski definition) is 5. The molecule has 7 nitrogen and oxygen atoms in total. The van der Waals surface area contributed by atoms with Crippen molar-refractivity contribution in [1.82, 2.24) is 0 Å². The number of rotatable bonds is 6. The molecule has 1 unspecified atom stereocenters. The van der Waals surface area contributed by atoms with Crippen LogP contribution in [-0.2, 0) is 20.4 Å². The number of alkyl halides is 3. The molecular formula is C8H14F3NO6S. The Morgan fingerprint density at radius 3 is 1.95 bits per heavy atom. The highest BCUT2D eigenvalue weighted by molar-refractivity contribution is 7.85. The van der Waals surface area contributed by atoms with Crippen molar-refractivity contribution in [2.24, 2.45) is 5.73 Å².